The van der Waals surface area contributed by atoms with Crippen LogP contribution in [0.25, 0.3) is 0 Å². The molecule has 1 N–H and O–H groups in total. The molecular weight excluding hydrogens is 269 g/mol. The van der Waals surface area contributed by atoms with Crippen molar-refractivity contribution in [2.24, 2.45) is 0 Å². The average Bonchev–Trinajstić information content (AvgIpc) is 2.04. The standard InChI is InChI=1S/C8H6ClF3O3S/c9-6-2-1-5(4-16(13,14)15)7(3-6)8(10,11)12/h1-3H,4H2,(H,13,14,15). The number of halogens is 4. The van der Waals surface area contributed by atoms with E-state index in [-0.39, 0.29) is 5.02 Å². The van der Waals surface area contributed by atoms with Crippen LogP contribution in [0.1, 0.15) is 11.1 Å². The normalized spacial score (nSPS) is 12.8. The maximum atomic E-state index is 12.5. The maximum Gasteiger partial charge on any atom is 0.416 e. The minimum Gasteiger partial charge on any atom is -0.285 e. The molecule has 0 unspecified atom stereocenters. The number of hydrogen-bond donors (Lipinski definition) is 1. The van der Waals surface area contributed by atoms with Gasteiger partial charge in [0, 0.05) is 5.02 Å². The molecule has 1 rings (SSSR count). The van der Waals surface area contributed by atoms with Gasteiger partial charge in [-0.2, -0.15) is 21.6 Å². The molecule has 0 fully saturated rings. The molecule has 0 spiro atoms. The molecular formula is C8H6ClF3O3S. The molecule has 16 heavy (non-hydrogen) atoms. The van der Waals surface area contributed by atoms with Crippen LogP contribution in [0.3, 0.4) is 0 Å². The van der Waals surface area contributed by atoms with Crippen molar-refractivity contribution in [1.82, 2.24) is 0 Å². The number of rotatable bonds is 2. The summed E-state index contributed by atoms with van der Waals surface area (Å²) in [7, 11) is -4.52. The second-order valence-corrected chi connectivity index (χ2v) is 4.91. The Balaban J connectivity index is 3.29. The van der Waals surface area contributed by atoms with Gasteiger partial charge in [0.1, 0.15) is 5.75 Å². The summed E-state index contributed by atoms with van der Waals surface area (Å²) in [5, 5.41) is -0.161. The van der Waals surface area contributed by atoms with Crippen molar-refractivity contribution in [2.75, 3.05) is 0 Å². The van der Waals surface area contributed by atoms with Crippen LogP contribution in [-0.4, -0.2) is 13.0 Å². The molecule has 0 heterocycles. The van der Waals surface area contributed by atoms with E-state index in [4.69, 9.17) is 16.2 Å². The second kappa shape index (κ2) is 4.23. The van der Waals surface area contributed by atoms with E-state index in [9.17, 15) is 21.6 Å². The summed E-state index contributed by atoms with van der Waals surface area (Å²) in [6, 6.07) is 2.65. The molecule has 0 aliphatic heterocycles. The van der Waals surface area contributed by atoms with E-state index in [1.54, 1.807) is 0 Å². The van der Waals surface area contributed by atoms with Crippen LogP contribution in [0.5, 0.6) is 0 Å². The third-order valence-electron chi connectivity index (χ3n) is 1.72. The van der Waals surface area contributed by atoms with Crippen LogP contribution in [0.2, 0.25) is 5.02 Å². The Hall–Kier alpha value is -0.790. The number of benzene rings is 1. The van der Waals surface area contributed by atoms with E-state index < -0.39 is 33.2 Å². The van der Waals surface area contributed by atoms with Crippen molar-refractivity contribution in [2.45, 2.75) is 11.9 Å². The summed E-state index contributed by atoms with van der Waals surface area (Å²) >= 11 is 5.38. The molecule has 0 aromatic heterocycles. The lowest BCUT2D eigenvalue weighted by Crippen LogP contribution is -2.12. The zero-order chi connectivity index (χ0) is 12.6. The van der Waals surface area contributed by atoms with Crippen molar-refractivity contribution in [1.29, 1.82) is 0 Å². The largest absolute Gasteiger partial charge is 0.416 e. The first-order valence-corrected chi connectivity index (χ1v) is 5.89. The Kier molecular flexibility index (Phi) is 3.51. The van der Waals surface area contributed by atoms with Gasteiger partial charge in [-0.25, -0.2) is 0 Å². The van der Waals surface area contributed by atoms with E-state index in [1.807, 2.05) is 0 Å². The molecule has 0 bridgehead atoms. The van der Waals surface area contributed by atoms with Gasteiger partial charge in [-0.3, -0.25) is 4.55 Å². The molecule has 0 saturated carbocycles. The summed E-state index contributed by atoms with van der Waals surface area (Å²) in [4.78, 5) is 0. The Morgan fingerprint density at radius 3 is 2.31 bits per heavy atom. The average molecular weight is 275 g/mol. The summed E-state index contributed by atoms with van der Waals surface area (Å²) < 4.78 is 66.9. The van der Waals surface area contributed by atoms with Gasteiger partial charge in [0.25, 0.3) is 10.1 Å². The third kappa shape index (κ3) is 3.66. The van der Waals surface area contributed by atoms with Gasteiger partial charge in [-0.1, -0.05) is 17.7 Å². The van der Waals surface area contributed by atoms with Crippen LogP contribution in [-0.2, 0) is 22.0 Å². The van der Waals surface area contributed by atoms with Crippen LogP contribution < -0.4 is 0 Å². The first-order chi connectivity index (χ1) is 7.09. The quantitative estimate of drug-likeness (QED) is 0.844. The molecule has 0 atom stereocenters. The maximum absolute atomic E-state index is 12.5. The van der Waals surface area contributed by atoms with Gasteiger partial charge >= 0.3 is 6.18 Å². The van der Waals surface area contributed by atoms with Crippen molar-refractivity contribution < 1.29 is 26.1 Å². The van der Waals surface area contributed by atoms with Crippen LogP contribution in [0.4, 0.5) is 13.2 Å². The van der Waals surface area contributed by atoms with Crippen molar-refractivity contribution in [3.63, 3.8) is 0 Å². The lowest BCUT2D eigenvalue weighted by atomic mass is 10.1. The summed E-state index contributed by atoms with van der Waals surface area (Å²) in [5.41, 5.74) is -1.71. The second-order valence-electron chi connectivity index (χ2n) is 3.03. The highest BCUT2D eigenvalue weighted by atomic mass is 35.5. The predicted octanol–water partition coefficient (Wildman–Crippen LogP) is 2.75. The van der Waals surface area contributed by atoms with Gasteiger partial charge in [0.2, 0.25) is 0 Å². The highest BCUT2D eigenvalue weighted by Gasteiger charge is 2.34. The fraction of sp³-hybridized carbons (Fsp3) is 0.250. The van der Waals surface area contributed by atoms with Gasteiger partial charge < -0.3 is 0 Å². The molecule has 1 aromatic carbocycles. The molecule has 0 amide bonds. The minimum atomic E-state index is -4.72. The molecule has 8 heteroatoms. The van der Waals surface area contributed by atoms with E-state index in [0.29, 0.717) is 6.07 Å². The smallest absolute Gasteiger partial charge is 0.285 e. The first-order valence-electron chi connectivity index (χ1n) is 3.90. The topological polar surface area (TPSA) is 54.4 Å². The Bertz CT molecular complexity index is 496. The monoisotopic (exact) mass is 274 g/mol. The molecule has 1 aromatic rings. The van der Waals surface area contributed by atoms with E-state index in [0.717, 1.165) is 12.1 Å². The van der Waals surface area contributed by atoms with E-state index in [2.05, 4.69) is 0 Å². The van der Waals surface area contributed by atoms with Crippen molar-refractivity contribution in [3.8, 4) is 0 Å². The van der Waals surface area contributed by atoms with Crippen LogP contribution in [0.15, 0.2) is 18.2 Å². The molecule has 0 radical (unpaired) electrons. The van der Waals surface area contributed by atoms with Crippen LogP contribution in [0, 0.1) is 0 Å². The van der Waals surface area contributed by atoms with Gasteiger partial charge in [0.15, 0.2) is 0 Å². The number of hydrogen-bond acceptors (Lipinski definition) is 2. The van der Waals surface area contributed by atoms with Gasteiger partial charge in [-0.05, 0) is 17.7 Å². The summed E-state index contributed by atoms with van der Waals surface area (Å²) in [5.74, 6) is -1.10. The molecule has 0 aliphatic rings. The lowest BCUT2D eigenvalue weighted by molar-refractivity contribution is -0.138. The van der Waals surface area contributed by atoms with Gasteiger partial charge in [-0.15, -0.1) is 0 Å². The Labute approximate surface area is 94.6 Å². The van der Waals surface area contributed by atoms with E-state index in [1.165, 1.54) is 0 Å². The molecule has 90 valence electrons. The molecule has 0 aliphatic carbocycles. The van der Waals surface area contributed by atoms with E-state index >= 15 is 0 Å². The van der Waals surface area contributed by atoms with Crippen molar-refractivity contribution in [3.05, 3.63) is 34.3 Å². The zero-order valence-electron chi connectivity index (χ0n) is 7.62. The number of alkyl halides is 3. The minimum absolute atomic E-state index is 0.161. The predicted molar refractivity (Wildman–Crippen MR) is 51.7 cm³/mol. The Morgan fingerprint density at radius 2 is 1.88 bits per heavy atom. The third-order valence-corrected chi connectivity index (χ3v) is 2.63. The fourth-order valence-electron chi connectivity index (χ4n) is 1.13. The van der Waals surface area contributed by atoms with Crippen LogP contribution >= 0.6 is 11.6 Å². The first kappa shape index (κ1) is 13.3. The lowest BCUT2D eigenvalue weighted by Gasteiger charge is -2.11. The highest BCUT2D eigenvalue weighted by Crippen LogP contribution is 2.34. The van der Waals surface area contributed by atoms with Gasteiger partial charge in [0.05, 0.1) is 5.56 Å². The SMILES string of the molecule is O=S(=O)(O)Cc1ccc(Cl)cc1C(F)(F)F. The fourth-order valence-corrected chi connectivity index (χ4v) is 1.95. The zero-order valence-corrected chi connectivity index (χ0v) is 9.20. The molecule has 0 saturated heterocycles. The Morgan fingerprint density at radius 1 is 1.31 bits per heavy atom. The molecule has 3 nitrogen and oxygen atoms in total. The highest BCUT2D eigenvalue weighted by molar-refractivity contribution is 7.85. The summed E-state index contributed by atoms with van der Waals surface area (Å²) in [6.45, 7) is 0. The summed E-state index contributed by atoms with van der Waals surface area (Å²) in [6.07, 6.45) is -4.72. The van der Waals surface area contributed by atoms with Crippen molar-refractivity contribution >= 4 is 21.7 Å².